The predicted octanol–water partition coefficient (Wildman–Crippen LogP) is 4.92. The molecule has 0 atom stereocenters. The largest absolute Gasteiger partial charge is 0.507 e. The molecule has 116 valence electrons. The van der Waals surface area contributed by atoms with Crippen LogP contribution in [-0.2, 0) is 6.42 Å². The predicted molar refractivity (Wildman–Crippen MR) is 86.0 cm³/mol. The number of ether oxygens (including phenoxy) is 1. The fraction of sp³-hybridized carbons (Fsp3) is 0.368. The molecule has 22 heavy (non-hydrogen) atoms. The Morgan fingerprint density at radius 1 is 1.09 bits per heavy atom. The highest BCUT2D eigenvalue weighted by atomic mass is 19.1. The van der Waals surface area contributed by atoms with Crippen molar-refractivity contribution in [1.82, 2.24) is 0 Å². The third-order valence-electron chi connectivity index (χ3n) is 4.56. The first-order valence-electron chi connectivity index (χ1n) is 7.60. The molecular weight excluding hydrogens is 279 g/mol. The van der Waals surface area contributed by atoms with E-state index in [0.717, 1.165) is 46.4 Å². The average Bonchev–Trinajstić information content (AvgIpc) is 2.47. The molecule has 0 unspecified atom stereocenters. The Kier molecular flexibility index (Phi) is 3.39. The molecule has 0 aliphatic carbocycles. The molecule has 3 rings (SSSR count). The van der Waals surface area contributed by atoms with E-state index in [1.807, 2.05) is 13.8 Å². The fourth-order valence-electron chi connectivity index (χ4n) is 3.08. The number of benzene rings is 2. The van der Waals surface area contributed by atoms with Crippen molar-refractivity contribution >= 4 is 0 Å². The minimum atomic E-state index is -0.279. The molecule has 1 N–H and O–H groups in total. The van der Waals surface area contributed by atoms with Crippen LogP contribution in [0.2, 0.25) is 0 Å². The van der Waals surface area contributed by atoms with Gasteiger partial charge in [-0.1, -0.05) is 12.1 Å². The van der Waals surface area contributed by atoms with E-state index in [-0.39, 0.29) is 17.2 Å². The van der Waals surface area contributed by atoms with Gasteiger partial charge in [-0.2, -0.15) is 0 Å². The van der Waals surface area contributed by atoms with Gasteiger partial charge in [-0.25, -0.2) is 4.39 Å². The van der Waals surface area contributed by atoms with E-state index in [1.54, 1.807) is 12.1 Å². The smallest absolute Gasteiger partial charge is 0.127 e. The Bertz CT molecular complexity index is 730. The summed E-state index contributed by atoms with van der Waals surface area (Å²) in [5.41, 5.74) is 4.20. The van der Waals surface area contributed by atoms with Gasteiger partial charge in [-0.15, -0.1) is 0 Å². The van der Waals surface area contributed by atoms with E-state index in [4.69, 9.17) is 4.74 Å². The SMILES string of the molecule is Cc1c(C)c2c(c(-c3ccc(F)cc3)c1O)CCC(C)(C)O2. The summed E-state index contributed by atoms with van der Waals surface area (Å²) in [6.07, 6.45) is 1.72. The van der Waals surface area contributed by atoms with Crippen molar-refractivity contribution < 1.29 is 14.2 Å². The van der Waals surface area contributed by atoms with Crippen LogP contribution in [0.3, 0.4) is 0 Å². The number of hydrogen-bond acceptors (Lipinski definition) is 2. The molecule has 3 heteroatoms. The van der Waals surface area contributed by atoms with Crippen molar-refractivity contribution in [3.8, 4) is 22.6 Å². The van der Waals surface area contributed by atoms with Gasteiger partial charge in [0, 0.05) is 11.1 Å². The summed E-state index contributed by atoms with van der Waals surface area (Å²) >= 11 is 0. The molecule has 0 fully saturated rings. The lowest BCUT2D eigenvalue weighted by molar-refractivity contribution is 0.0836. The summed E-state index contributed by atoms with van der Waals surface area (Å²) in [7, 11) is 0. The fourth-order valence-corrected chi connectivity index (χ4v) is 3.08. The van der Waals surface area contributed by atoms with Crippen LogP contribution in [-0.4, -0.2) is 10.7 Å². The molecule has 0 bridgehead atoms. The van der Waals surface area contributed by atoms with Crippen LogP contribution in [0.5, 0.6) is 11.5 Å². The standard InChI is InChI=1S/C19H21FO2/c1-11-12(2)18-15(9-10-19(3,4)22-18)16(17(11)21)13-5-7-14(20)8-6-13/h5-8,21H,9-10H2,1-4H3. The Labute approximate surface area is 130 Å². The van der Waals surface area contributed by atoms with E-state index in [9.17, 15) is 9.50 Å². The van der Waals surface area contributed by atoms with Crippen molar-refractivity contribution in [3.05, 3.63) is 46.8 Å². The van der Waals surface area contributed by atoms with E-state index >= 15 is 0 Å². The van der Waals surface area contributed by atoms with Crippen LogP contribution >= 0.6 is 0 Å². The van der Waals surface area contributed by atoms with Crippen LogP contribution in [0.4, 0.5) is 4.39 Å². The molecule has 0 amide bonds. The summed E-state index contributed by atoms with van der Waals surface area (Å²) in [6.45, 7) is 8.02. The summed E-state index contributed by atoms with van der Waals surface area (Å²) in [5, 5.41) is 10.6. The second-order valence-corrected chi connectivity index (χ2v) is 6.65. The van der Waals surface area contributed by atoms with Crippen molar-refractivity contribution in [3.63, 3.8) is 0 Å². The molecule has 1 heterocycles. The molecule has 2 aromatic rings. The second-order valence-electron chi connectivity index (χ2n) is 6.65. The van der Waals surface area contributed by atoms with Crippen LogP contribution in [0.1, 0.15) is 37.0 Å². The number of fused-ring (bicyclic) bond motifs is 1. The maximum Gasteiger partial charge on any atom is 0.127 e. The van der Waals surface area contributed by atoms with Gasteiger partial charge in [0.2, 0.25) is 0 Å². The van der Waals surface area contributed by atoms with E-state index < -0.39 is 0 Å². The number of rotatable bonds is 1. The zero-order valence-electron chi connectivity index (χ0n) is 13.5. The lowest BCUT2D eigenvalue weighted by Gasteiger charge is -2.35. The van der Waals surface area contributed by atoms with Gasteiger partial charge in [-0.3, -0.25) is 0 Å². The molecule has 2 aromatic carbocycles. The molecular formula is C19H21FO2. The average molecular weight is 300 g/mol. The van der Waals surface area contributed by atoms with Crippen molar-refractivity contribution in [1.29, 1.82) is 0 Å². The van der Waals surface area contributed by atoms with Gasteiger partial charge in [0.15, 0.2) is 0 Å². The number of aromatic hydroxyl groups is 1. The zero-order valence-corrected chi connectivity index (χ0v) is 13.5. The summed E-state index contributed by atoms with van der Waals surface area (Å²) in [4.78, 5) is 0. The zero-order chi connectivity index (χ0) is 16.1. The summed E-state index contributed by atoms with van der Waals surface area (Å²) < 4.78 is 19.4. The third-order valence-corrected chi connectivity index (χ3v) is 4.56. The molecule has 1 aliphatic rings. The highest BCUT2D eigenvalue weighted by Gasteiger charge is 2.32. The minimum absolute atomic E-state index is 0.207. The van der Waals surface area contributed by atoms with Crippen molar-refractivity contribution in [2.45, 2.75) is 46.1 Å². The number of phenols is 1. The van der Waals surface area contributed by atoms with Crippen molar-refractivity contribution in [2.24, 2.45) is 0 Å². The maximum atomic E-state index is 13.2. The van der Waals surface area contributed by atoms with Crippen molar-refractivity contribution in [2.75, 3.05) is 0 Å². The van der Waals surface area contributed by atoms with Gasteiger partial charge in [0.25, 0.3) is 0 Å². The Morgan fingerprint density at radius 2 is 1.73 bits per heavy atom. The third kappa shape index (κ3) is 2.35. The lowest BCUT2D eigenvalue weighted by Crippen LogP contribution is -2.33. The maximum absolute atomic E-state index is 13.2. The molecule has 0 aromatic heterocycles. The number of hydrogen-bond donors (Lipinski definition) is 1. The monoisotopic (exact) mass is 300 g/mol. The molecule has 0 saturated carbocycles. The molecule has 2 nitrogen and oxygen atoms in total. The van der Waals surface area contributed by atoms with Gasteiger partial charge >= 0.3 is 0 Å². The van der Waals surface area contributed by atoms with Gasteiger partial charge in [0.1, 0.15) is 22.9 Å². The van der Waals surface area contributed by atoms with Crippen LogP contribution in [0.15, 0.2) is 24.3 Å². The lowest BCUT2D eigenvalue weighted by atomic mass is 9.85. The van der Waals surface area contributed by atoms with Gasteiger partial charge in [-0.05, 0) is 69.4 Å². The van der Waals surface area contributed by atoms with Gasteiger partial charge in [0.05, 0.1) is 0 Å². The molecule has 1 aliphatic heterocycles. The van der Waals surface area contributed by atoms with Crippen LogP contribution in [0.25, 0.3) is 11.1 Å². The van der Waals surface area contributed by atoms with E-state index in [2.05, 4.69) is 13.8 Å². The first kappa shape index (κ1) is 14.9. The highest BCUT2D eigenvalue weighted by molar-refractivity contribution is 5.79. The Hall–Kier alpha value is -2.03. The quantitative estimate of drug-likeness (QED) is 0.810. The minimum Gasteiger partial charge on any atom is -0.507 e. The Balaban J connectivity index is 2.27. The van der Waals surface area contributed by atoms with Gasteiger partial charge < -0.3 is 9.84 Å². The second kappa shape index (κ2) is 5.01. The summed E-state index contributed by atoms with van der Waals surface area (Å²) in [5.74, 6) is 0.857. The Morgan fingerprint density at radius 3 is 2.36 bits per heavy atom. The van der Waals surface area contributed by atoms with E-state index in [1.165, 1.54) is 12.1 Å². The molecule has 0 spiro atoms. The van der Waals surface area contributed by atoms with Crippen LogP contribution < -0.4 is 4.74 Å². The van der Waals surface area contributed by atoms with E-state index in [0.29, 0.717) is 0 Å². The highest BCUT2D eigenvalue weighted by Crippen LogP contribution is 2.47. The number of phenolic OH excluding ortho intramolecular Hbond substituents is 1. The first-order valence-corrected chi connectivity index (χ1v) is 7.60. The summed E-state index contributed by atoms with van der Waals surface area (Å²) in [6, 6.07) is 6.26. The molecule has 0 radical (unpaired) electrons. The number of halogens is 1. The topological polar surface area (TPSA) is 29.5 Å². The van der Waals surface area contributed by atoms with Crippen LogP contribution in [0, 0.1) is 19.7 Å². The molecule has 0 saturated heterocycles. The normalized spacial score (nSPS) is 16.0. The first-order chi connectivity index (χ1) is 10.3.